The van der Waals surface area contributed by atoms with Crippen molar-refractivity contribution in [3.8, 4) is 0 Å². The summed E-state index contributed by atoms with van der Waals surface area (Å²) in [4.78, 5) is 0. The molecule has 2 heteroatoms. The number of hydrogen-bond acceptors (Lipinski definition) is 2. The van der Waals surface area contributed by atoms with E-state index in [-0.39, 0.29) is 0 Å². The third-order valence-corrected chi connectivity index (χ3v) is 1.69. The van der Waals surface area contributed by atoms with Crippen LogP contribution in [0.1, 0.15) is 12.8 Å². The summed E-state index contributed by atoms with van der Waals surface area (Å²) in [6, 6.07) is 0. The molecule has 0 saturated carbocycles. The molecule has 0 fully saturated rings. The van der Waals surface area contributed by atoms with Gasteiger partial charge in [0.1, 0.15) is 0 Å². The monoisotopic (exact) mass is 138 g/mol. The number of allylic oxidation sites excluding steroid dienone is 2. The maximum atomic E-state index is 3.14. The summed E-state index contributed by atoms with van der Waals surface area (Å²) >= 11 is 0. The molecule has 0 aromatic carbocycles. The first kappa shape index (κ1) is 7.19. The van der Waals surface area contributed by atoms with Crippen LogP contribution in [0.3, 0.4) is 0 Å². The van der Waals surface area contributed by atoms with Gasteiger partial charge in [-0.3, -0.25) is 0 Å². The zero-order valence-corrected chi connectivity index (χ0v) is 6.57. The Morgan fingerprint density at radius 3 is 1.70 bits per heavy atom. The summed E-state index contributed by atoms with van der Waals surface area (Å²) < 4.78 is 0. The van der Waals surface area contributed by atoms with E-state index >= 15 is 0 Å². The highest BCUT2D eigenvalue weighted by Gasteiger charge is 2.03. The van der Waals surface area contributed by atoms with Gasteiger partial charge in [-0.1, -0.05) is 12.2 Å². The first-order valence-corrected chi connectivity index (χ1v) is 3.64. The van der Waals surface area contributed by atoms with Gasteiger partial charge in [0.15, 0.2) is 0 Å². The molecule has 0 unspecified atom stereocenters. The van der Waals surface area contributed by atoms with Crippen LogP contribution in [0.15, 0.2) is 23.5 Å². The van der Waals surface area contributed by atoms with E-state index in [1.165, 1.54) is 11.4 Å². The third-order valence-electron chi connectivity index (χ3n) is 1.69. The maximum Gasteiger partial charge on any atom is 0.0529 e. The Morgan fingerprint density at radius 1 is 1.00 bits per heavy atom. The Hall–Kier alpha value is -0.920. The van der Waals surface area contributed by atoms with Crippen LogP contribution < -0.4 is 10.6 Å². The molecule has 2 nitrogen and oxygen atoms in total. The molecule has 0 heterocycles. The molecule has 1 rings (SSSR count). The molecule has 2 N–H and O–H groups in total. The topological polar surface area (TPSA) is 24.1 Å². The minimum absolute atomic E-state index is 1.15. The van der Waals surface area contributed by atoms with E-state index in [1.54, 1.807) is 0 Å². The van der Waals surface area contributed by atoms with Crippen molar-refractivity contribution < 1.29 is 0 Å². The summed E-state index contributed by atoms with van der Waals surface area (Å²) in [6.07, 6.45) is 6.74. The number of hydrogen-bond donors (Lipinski definition) is 2. The van der Waals surface area contributed by atoms with Crippen molar-refractivity contribution in [2.75, 3.05) is 14.1 Å². The maximum absolute atomic E-state index is 3.14. The number of rotatable bonds is 2. The van der Waals surface area contributed by atoms with Crippen molar-refractivity contribution in [1.29, 1.82) is 0 Å². The van der Waals surface area contributed by atoms with Gasteiger partial charge in [-0.15, -0.1) is 0 Å². The lowest BCUT2D eigenvalue weighted by atomic mass is 10.1. The van der Waals surface area contributed by atoms with Crippen LogP contribution in [0.4, 0.5) is 0 Å². The normalized spacial score (nSPS) is 17.4. The molecule has 0 radical (unpaired) electrons. The highest BCUT2D eigenvalue weighted by atomic mass is 14.9. The fourth-order valence-electron chi connectivity index (χ4n) is 1.15. The summed E-state index contributed by atoms with van der Waals surface area (Å²) in [5.74, 6) is 0. The van der Waals surface area contributed by atoms with Gasteiger partial charge in [-0.2, -0.15) is 0 Å². The summed E-state index contributed by atoms with van der Waals surface area (Å²) in [6.45, 7) is 0. The van der Waals surface area contributed by atoms with E-state index in [0.717, 1.165) is 12.8 Å². The molecule has 0 atom stereocenters. The van der Waals surface area contributed by atoms with E-state index < -0.39 is 0 Å². The molecule has 1 aliphatic rings. The third kappa shape index (κ3) is 1.32. The second kappa shape index (κ2) is 3.30. The predicted molar refractivity (Wildman–Crippen MR) is 43.5 cm³/mol. The lowest BCUT2D eigenvalue weighted by Crippen LogP contribution is -2.19. The van der Waals surface area contributed by atoms with Gasteiger partial charge in [0.25, 0.3) is 0 Å². The number of nitrogens with one attached hydrogen (secondary N) is 2. The average Bonchev–Trinajstić information content (AvgIpc) is 2.04. The van der Waals surface area contributed by atoms with Crippen molar-refractivity contribution in [3.05, 3.63) is 23.5 Å². The lowest BCUT2D eigenvalue weighted by molar-refractivity contribution is 0.843. The molecule has 0 saturated heterocycles. The minimum atomic E-state index is 1.15. The molecule has 56 valence electrons. The zero-order valence-electron chi connectivity index (χ0n) is 6.57. The van der Waals surface area contributed by atoms with Gasteiger partial charge < -0.3 is 10.6 Å². The molecule has 0 aliphatic heterocycles. The highest BCUT2D eigenvalue weighted by Crippen LogP contribution is 2.12. The van der Waals surface area contributed by atoms with Crippen LogP contribution in [0.5, 0.6) is 0 Å². The Labute approximate surface area is 62.0 Å². The minimum Gasteiger partial charge on any atom is -0.387 e. The Balaban J connectivity index is 2.67. The standard InChI is InChI=1S/C8H14N2/c1-9-7-5-3-4-6-8(7)10-2/h5-6,9-10H,3-4H2,1-2H3. The Morgan fingerprint density at radius 2 is 1.40 bits per heavy atom. The van der Waals surface area contributed by atoms with Crippen LogP contribution >= 0.6 is 0 Å². The SMILES string of the molecule is CNC1=CCCC=C1NC. The second-order valence-electron chi connectivity index (χ2n) is 2.31. The zero-order chi connectivity index (χ0) is 7.40. The summed E-state index contributed by atoms with van der Waals surface area (Å²) in [5.41, 5.74) is 2.43. The molecule has 1 aliphatic carbocycles. The van der Waals surface area contributed by atoms with Crippen molar-refractivity contribution in [2.24, 2.45) is 0 Å². The fourth-order valence-corrected chi connectivity index (χ4v) is 1.15. The van der Waals surface area contributed by atoms with Crippen LogP contribution in [0, 0.1) is 0 Å². The van der Waals surface area contributed by atoms with E-state index in [1.807, 2.05) is 14.1 Å². The van der Waals surface area contributed by atoms with Crippen molar-refractivity contribution in [1.82, 2.24) is 10.6 Å². The van der Waals surface area contributed by atoms with Gasteiger partial charge in [0, 0.05) is 14.1 Å². The second-order valence-corrected chi connectivity index (χ2v) is 2.31. The fraction of sp³-hybridized carbons (Fsp3) is 0.500. The van der Waals surface area contributed by atoms with Gasteiger partial charge in [0.2, 0.25) is 0 Å². The first-order valence-electron chi connectivity index (χ1n) is 3.64. The molecular weight excluding hydrogens is 124 g/mol. The van der Waals surface area contributed by atoms with Gasteiger partial charge >= 0.3 is 0 Å². The predicted octanol–water partition coefficient (Wildman–Crippen LogP) is 0.987. The van der Waals surface area contributed by atoms with E-state index in [2.05, 4.69) is 22.8 Å². The van der Waals surface area contributed by atoms with Crippen molar-refractivity contribution in [2.45, 2.75) is 12.8 Å². The van der Waals surface area contributed by atoms with E-state index in [4.69, 9.17) is 0 Å². The molecule has 0 bridgehead atoms. The molecule has 0 spiro atoms. The van der Waals surface area contributed by atoms with Crippen molar-refractivity contribution in [3.63, 3.8) is 0 Å². The highest BCUT2D eigenvalue weighted by molar-refractivity contribution is 5.29. The quantitative estimate of drug-likeness (QED) is 0.594. The lowest BCUT2D eigenvalue weighted by Gasteiger charge is -2.14. The van der Waals surface area contributed by atoms with E-state index in [0.29, 0.717) is 0 Å². The van der Waals surface area contributed by atoms with Crippen LogP contribution in [0.2, 0.25) is 0 Å². The van der Waals surface area contributed by atoms with Gasteiger partial charge in [-0.05, 0) is 12.8 Å². The molecular formula is C8H14N2. The largest absolute Gasteiger partial charge is 0.387 e. The average molecular weight is 138 g/mol. The van der Waals surface area contributed by atoms with Crippen molar-refractivity contribution >= 4 is 0 Å². The van der Waals surface area contributed by atoms with Gasteiger partial charge in [-0.25, -0.2) is 0 Å². The number of likely N-dealkylation sites (N-methyl/N-ethyl adjacent to an activating group) is 2. The van der Waals surface area contributed by atoms with Gasteiger partial charge in [0.05, 0.1) is 11.4 Å². The van der Waals surface area contributed by atoms with Crippen LogP contribution in [-0.2, 0) is 0 Å². The Bertz CT molecular complexity index is 148. The van der Waals surface area contributed by atoms with Crippen LogP contribution in [-0.4, -0.2) is 14.1 Å². The summed E-state index contributed by atoms with van der Waals surface area (Å²) in [5, 5.41) is 6.27. The smallest absolute Gasteiger partial charge is 0.0529 e. The molecule has 0 amide bonds. The Kier molecular flexibility index (Phi) is 2.37. The van der Waals surface area contributed by atoms with E-state index in [9.17, 15) is 0 Å². The van der Waals surface area contributed by atoms with Crippen LogP contribution in [0.25, 0.3) is 0 Å². The summed E-state index contributed by atoms with van der Waals surface area (Å²) in [7, 11) is 3.89. The molecule has 0 aromatic rings. The molecule has 0 aromatic heterocycles. The molecule has 10 heavy (non-hydrogen) atoms. The first-order chi connectivity index (χ1) is 4.88.